The van der Waals surface area contributed by atoms with Gasteiger partial charge < -0.3 is 10.7 Å². The number of rotatable bonds is 3. The van der Waals surface area contributed by atoms with E-state index < -0.39 is 4.92 Å². The van der Waals surface area contributed by atoms with Gasteiger partial charge in [-0.05, 0) is 6.42 Å². The molecule has 1 atom stereocenters. The molecule has 0 saturated carbocycles. The average molecular weight is 169 g/mol. The van der Waals surface area contributed by atoms with E-state index in [1.54, 1.807) is 0 Å². The van der Waals surface area contributed by atoms with Crippen LogP contribution in [0.15, 0.2) is 12.3 Å². The van der Waals surface area contributed by atoms with Crippen LogP contribution in [0.3, 0.4) is 0 Å². The lowest BCUT2D eigenvalue weighted by Crippen LogP contribution is -2.08. The van der Waals surface area contributed by atoms with E-state index in [1.807, 2.05) is 6.92 Å². The van der Waals surface area contributed by atoms with Crippen LogP contribution >= 0.6 is 0 Å². The Labute approximate surface area is 69.7 Å². The number of hydrogen-bond acceptors (Lipinski definition) is 3. The lowest BCUT2D eigenvalue weighted by atomic mass is 10.2. The van der Waals surface area contributed by atoms with Crippen LogP contribution < -0.4 is 5.73 Å². The van der Waals surface area contributed by atoms with E-state index in [1.165, 1.54) is 12.3 Å². The van der Waals surface area contributed by atoms with Crippen molar-refractivity contribution in [2.75, 3.05) is 0 Å². The molecule has 3 N–H and O–H groups in total. The number of nitro groups is 1. The smallest absolute Gasteiger partial charge is 0.287 e. The van der Waals surface area contributed by atoms with Gasteiger partial charge in [0.15, 0.2) is 0 Å². The van der Waals surface area contributed by atoms with Crippen molar-refractivity contribution in [2.45, 2.75) is 19.4 Å². The van der Waals surface area contributed by atoms with Gasteiger partial charge in [0.1, 0.15) is 0 Å². The largest absolute Gasteiger partial charge is 0.358 e. The van der Waals surface area contributed by atoms with Crippen molar-refractivity contribution in [1.82, 2.24) is 4.98 Å². The SMILES string of the molecule is CCC(N)c1cc([N+](=O)[O-])c[nH]1. The molecule has 66 valence electrons. The highest BCUT2D eigenvalue weighted by Gasteiger charge is 2.11. The van der Waals surface area contributed by atoms with Crippen molar-refractivity contribution < 1.29 is 4.92 Å². The third-order valence-corrected chi connectivity index (χ3v) is 1.74. The summed E-state index contributed by atoms with van der Waals surface area (Å²) < 4.78 is 0. The molecule has 0 aliphatic heterocycles. The molecule has 0 saturated heterocycles. The summed E-state index contributed by atoms with van der Waals surface area (Å²) in [4.78, 5) is 12.6. The fourth-order valence-electron chi connectivity index (χ4n) is 0.939. The predicted octanol–water partition coefficient (Wildman–Crippen LogP) is 1.33. The summed E-state index contributed by atoms with van der Waals surface area (Å²) in [6.07, 6.45) is 2.11. The van der Waals surface area contributed by atoms with Gasteiger partial charge in [-0.3, -0.25) is 10.1 Å². The summed E-state index contributed by atoms with van der Waals surface area (Å²) in [6.45, 7) is 1.93. The van der Waals surface area contributed by atoms with E-state index in [4.69, 9.17) is 5.73 Å². The zero-order chi connectivity index (χ0) is 9.14. The summed E-state index contributed by atoms with van der Waals surface area (Å²) in [5, 5.41) is 10.3. The van der Waals surface area contributed by atoms with E-state index in [0.717, 1.165) is 6.42 Å². The minimum absolute atomic E-state index is 0.0638. The molecule has 0 aromatic carbocycles. The molecule has 5 heteroatoms. The molecule has 0 aliphatic carbocycles. The number of H-pyrrole nitrogens is 1. The summed E-state index contributed by atoms with van der Waals surface area (Å²) in [5.41, 5.74) is 6.43. The third-order valence-electron chi connectivity index (χ3n) is 1.74. The van der Waals surface area contributed by atoms with Gasteiger partial charge in [0, 0.05) is 17.8 Å². The summed E-state index contributed by atoms with van der Waals surface area (Å²) in [5.74, 6) is 0. The summed E-state index contributed by atoms with van der Waals surface area (Å²) in [6, 6.07) is 1.33. The van der Waals surface area contributed by atoms with Crippen molar-refractivity contribution in [3.8, 4) is 0 Å². The minimum atomic E-state index is -0.442. The van der Waals surface area contributed by atoms with Crippen LogP contribution in [0.4, 0.5) is 5.69 Å². The number of hydrogen-bond donors (Lipinski definition) is 2. The van der Waals surface area contributed by atoms with Gasteiger partial charge in [-0.15, -0.1) is 0 Å². The lowest BCUT2D eigenvalue weighted by molar-refractivity contribution is -0.384. The highest BCUT2D eigenvalue weighted by atomic mass is 16.6. The average Bonchev–Trinajstić information content (AvgIpc) is 2.51. The Morgan fingerprint density at radius 3 is 2.92 bits per heavy atom. The first-order chi connectivity index (χ1) is 5.65. The van der Waals surface area contributed by atoms with Crippen LogP contribution in [0.2, 0.25) is 0 Å². The Hall–Kier alpha value is -1.36. The normalized spacial score (nSPS) is 12.8. The van der Waals surface area contributed by atoms with Crippen LogP contribution in [-0.4, -0.2) is 9.91 Å². The number of aromatic nitrogens is 1. The van der Waals surface area contributed by atoms with Crippen molar-refractivity contribution in [3.63, 3.8) is 0 Å². The molecule has 0 fully saturated rings. The molecule has 0 radical (unpaired) electrons. The molecule has 0 amide bonds. The topological polar surface area (TPSA) is 84.9 Å². The van der Waals surface area contributed by atoms with Gasteiger partial charge in [-0.25, -0.2) is 0 Å². The van der Waals surface area contributed by atoms with Gasteiger partial charge in [0.05, 0.1) is 11.1 Å². The molecule has 0 spiro atoms. The molecule has 0 bridgehead atoms. The van der Waals surface area contributed by atoms with Crippen molar-refractivity contribution >= 4 is 5.69 Å². The highest BCUT2D eigenvalue weighted by Crippen LogP contribution is 2.18. The number of aromatic amines is 1. The van der Waals surface area contributed by atoms with Crippen molar-refractivity contribution in [3.05, 3.63) is 28.1 Å². The second kappa shape index (κ2) is 3.36. The first kappa shape index (κ1) is 8.73. The Morgan fingerprint density at radius 2 is 2.50 bits per heavy atom. The van der Waals surface area contributed by atoms with Gasteiger partial charge in [-0.1, -0.05) is 6.92 Å². The van der Waals surface area contributed by atoms with Crippen LogP contribution in [0.25, 0.3) is 0 Å². The van der Waals surface area contributed by atoms with E-state index in [2.05, 4.69) is 4.98 Å². The Kier molecular flexibility index (Phi) is 2.44. The quantitative estimate of drug-likeness (QED) is 0.528. The van der Waals surface area contributed by atoms with Crippen molar-refractivity contribution in [1.29, 1.82) is 0 Å². The molecular formula is C7H11N3O2. The zero-order valence-corrected chi connectivity index (χ0v) is 6.78. The van der Waals surface area contributed by atoms with Gasteiger partial charge in [-0.2, -0.15) is 0 Å². The van der Waals surface area contributed by atoms with E-state index in [0.29, 0.717) is 5.69 Å². The maximum Gasteiger partial charge on any atom is 0.287 e. The lowest BCUT2D eigenvalue weighted by Gasteiger charge is -2.03. The maximum atomic E-state index is 10.3. The molecule has 1 heterocycles. The fraction of sp³-hybridized carbons (Fsp3) is 0.429. The van der Waals surface area contributed by atoms with Gasteiger partial charge in [0.25, 0.3) is 5.69 Å². The molecule has 1 aromatic rings. The number of nitrogens with one attached hydrogen (secondary N) is 1. The predicted molar refractivity (Wildman–Crippen MR) is 44.7 cm³/mol. The zero-order valence-electron chi connectivity index (χ0n) is 6.78. The van der Waals surface area contributed by atoms with Gasteiger partial charge >= 0.3 is 0 Å². The van der Waals surface area contributed by atoms with E-state index in [-0.39, 0.29) is 11.7 Å². The van der Waals surface area contributed by atoms with Crippen LogP contribution in [0.1, 0.15) is 25.1 Å². The fourth-order valence-corrected chi connectivity index (χ4v) is 0.939. The number of nitrogens with zero attached hydrogens (tertiary/aromatic N) is 1. The Bertz CT molecular complexity index is 282. The van der Waals surface area contributed by atoms with Crippen LogP contribution in [-0.2, 0) is 0 Å². The van der Waals surface area contributed by atoms with Crippen molar-refractivity contribution in [2.24, 2.45) is 5.73 Å². The Morgan fingerprint density at radius 1 is 1.83 bits per heavy atom. The molecule has 1 rings (SSSR count). The first-order valence-electron chi connectivity index (χ1n) is 3.73. The summed E-state index contributed by atoms with van der Waals surface area (Å²) in [7, 11) is 0. The minimum Gasteiger partial charge on any atom is -0.358 e. The van der Waals surface area contributed by atoms with Crippen LogP contribution in [0.5, 0.6) is 0 Å². The molecule has 1 aromatic heterocycles. The van der Waals surface area contributed by atoms with E-state index in [9.17, 15) is 10.1 Å². The molecule has 1 unspecified atom stereocenters. The monoisotopic (exact) mass is 169 g/mol. The highest BCUT2D eigenvalue weighted by molar-refractivity contribution is 5.31. The van der Waals surface area contributed by atoms with Gasteiger partial charge in [0.2, 0.25) is 0 Å². The summed E-state index contributed by atoms with van der Waals surface area (Å²) >= 11 is 0. The molecule has 0 aliphatic rings. The molecule has 5 nitrogen and oxygen atoms in total. The standard InChI is InChI=1S/C7H11N3O2/c1-2-6(8)7-3-5(4-9-7)10(11)12/h3-4,6,9H,2,8H2,1H3. The molecule has 12 heavy (non-hydrogen) atoms. The first-order valence-corrected chi connectivity index (χ1v) is 3.73. The maximum absolute atomic E-state index is 10.3. The second-order valence-corrected chi connectivity index (χ2v) is 2.59. The van der Waals surface area contributed by atoms with E-state index >= 15 is 0 Å². The second-order valence-electron chi connectivity index (χ2n) is 2.59. The Balaban J connectivity index is 2.84. The number of nitrogens with two attached hydrogens (primary N) is 1. The van der Waals surface area contributed by atoms with Crippen LogP contribution in [0, 0.1) is 10.1 Å². The third kappa shape index (κ3) is 1.62. The molecular weight excluding hydrogens is 158 g/mol.